The van der Waals surface area contributed by atoms with Crippen LogP contribution in [-0.2, 0) is 4.74 Å². The molecule has 0 spiro atoms. The van der Waals surface area contributed by atoms with Crippen molar-refractivity contribution in [3.8, 4) is 0 Å². The smallest absolute Gasteiger partial charge is 0.407 e. The minimum Gasteiger partial charge on any atom is -0.444 e. The fourth-order valence-corrected chi connectivity index (χ4v) is 1.74. The van der Waals surface area contributed by atoms with Crippen LogP contribution in [0.2, 0.25) is 0 Å². The fraction of sp³-hybridized carbons (Fsp3) is 0.909. The zero-order chi connectivity index (χ0) is 11.5. The first-order valence-corrected chi connectivity index (χ1v) is 5.60. The quantitative estimate of drug-likeness (QED) is 0.698. The van der Waals surface area contributed by atoms with Crippen molar-refractivity contribution >= 4 is 6.09 Å². The first kappa shape index (κ1) is 12.3. The highest BCUT2D eigenvalue weighted by atomic mass is 16.6. The highest BCUT2D eigenvalue weighted by Gasteiger charge is 2.22. The average Bonchev–Trinajstić information content (AvgIpc) is 1.99. The van der Waals surface area contributed by atoms with Crippen LogP contribution in [0.3, 0.4) is 0 Å². The fourth-order valence-electron chi connectivity index (χ4n) is 1.74. The van der Waals surface area contributed by atoms with Gasteiger partial charge in [-0.2, -0.15) is 0 Å². The van der Waals surface area contributed by atoms with Crippen molar-refractivity contribution < 1.29 is 9.53 Å². The standard InChI is InChI=1S/C11H22N2O2/c1-8-7-9(5-6-12-8)13-10(14)15-11(2,3)4/h8-9,12H,5-7H2,1-4H3,(H,13,14)/t8-,9+/m0/s1. The summed E-state index contributed by atoms with van der Waals surface area (Å²) in [5, 5.41) is 6.25. The second-order valence-electron chi connectivity index (χ2n) is 5.22. The molecule has 1 heterocycles. The number of nitrogens with one attached hydrogen (secondary N) is 2. The van der Waals surface area contributed by atoms with E-state index in [9.17, 15) is 4.79 Å². The first-order chi connectivity index (χ1) is 6.87. The van der Waals surface area contributed by atoms with Crippen LogP contribution in [0.5, 0.6) is 0 Å². The molecule has 4 nitrogen and oxygen atoms in total. The summed E-state index contributed by atoms with van der Waals surface area (Å²) in [4.78, 5) is 11.5. The normalized spacial score (nSPS) is 27.2. The highest BCUT2D eigenvalue weighted by molar-refractivity contribution is 5.68. The molecule has 0 aromatic rings. The van der Waals surface area contributed by atoms with Crippen LogP contribution in [0.1, 0.15) is 40.5 Å². The monoisotopic (exact) mass is 214 g/mol. The first-order valence-electron chi connectivity index (χ1n) is 5.60. The molecule has 1 saturated heterocycles. The minimum atomic E-state index is -0.414. The van der Waals surface area contributed by atoms with Gasteiger partial charge in [-0.15, -0.1) is 0 Å². The minimum absolute atomic E-state index is 0.246. The van der Waals surface area contributed by atoms with Gasteiger partial charge in [0.05, 0.1) is 0 Å². The van der Waals surface area contributed by atoms with Crippen LogP contribution < -0.4 is 10.6 Å². The number of rotatable bonds is 1. The van der Waals surface area contributed by atoms with Gasteiger partial charge in [0.1, 0.15) is 5.60 Å². The van der Waals surface area contributed by atoms with Crippen LogP contribution in [-0.4, -0.2) is 30.3 Å². The molecule has 0 aromatic heterocycles. The Labute approximate surface area is 91.8 Å². The van der Waals surface area contributed by atoms with Gasteiger partial charge in [-0.25, -0.2) is 4.79 Å². The van der Waals surface area contributed by atoms with E-state index in [0.29, 0.717) is 6.04 Å². The lowest BCUT2D eigenvalue weighted by Crippen LogP contribution is -2.47. The molecule has 1 aliphatic heterocycles. The highest BCUT2D eigenvalue weighted by Crippen LogP contribution is 2.11. The van der Waals surface area contributed by atoms with Crippen molar-refractivity contribution in [1.29, 1.82) is 0 Å². The van der Waals surface area contributed by atoms with Gasteiger partial charge < -0.3 is 15.4 Å². The van der Waals surface area contributed by atoms with Gasteiger partial charge in [-0.3, -0.25) is 0 Å². The van der Waals surface area contributed by atoms with Crippen LogP contribution >= 0.6 is 0 Å². The van der Waals surface area contributed by atoms with E-state index < -0.39 is 5.60 Å². The van der Waals surface area contributed by atoms with E-state index in [0.717, 1.165) is 19.4 Å². The predicted molar refractivity (Wildman–Crippen MR) is 59.9 cm³/mol. The van der Waals surface area contributed by atoms with E-state index >= 15 is 0 Å². The predicted octanol–water partition coefficient (Wildman–Crippen LogP) is 1.65. The summed E-state index contributed by atoms with van der Waals surface area (Å²) in [6.45, 7) is 8.71. The second kappa shape index (κ2) is 4.84. The molecule has 2 N–H and O–H groups in total. The number of alkyl carbamates (subject to hydrolysis) is 1. The Hall–Kier alpha value is -0.770. The molecule has 1 rings (SSSR count). The number of carbonyl (C=O) groups excluding carboxylic acids is 1. The summed E-state index contributed by atoms with van der Waals surface area (Å²) in [5.41, 5.74) is -0.414. The number of hydrogen-bond donors (Lipinski definition) is 2. The number of amides is 1. The molecule has 2 atom stereocenters. The van der Waals surface area contributed by atoms with E-state index in [1.807, 2.05) is 20.8 Å². The van der Waals surface area contributed by atoms with Crippen molar-refractivity contribution in [3.05, 3.63) is 0 Å². The molecule has 1 fully saturated rings. The van der Waals surface area contributed by atoms with E-state index in [4.69, 9.17) is 4.74 Å². The van der Waals surface area contributed by atoms with E-state index in [-0.39, 0.29) is 12.1 Å². The van der Waals surface area contributed by atoms with E-state index in [1.165, 1.54) is 0 Å². The molecule has 88 valence electrons. The molecule has 1 aliphatic rings. The lowest BCUT2D eigenvalue weighted by atomic mass is 10.0. The van der Waals surface area contributed by atoms with E-state index in [1.54, 1.807) is 0 Å². The van der Waals surface area contributed by atoms with Crippen molar-refractivity contribution in [1.82, 2.24) is 10.6 Å². The second-order valence-corrected chi connectivity index (χ2v) is 5.22. The maximum Gasteiger partial charge on any atom is 0.407 e. The summed E-state index contributed by atoms with van der Waals surface area (Å²) in [6, 6.07) is 0.717. The van der Waals surface area contributed by atoms with Crippen LogP contribution in [0.25, 0.3) is 0 Å². The number of hydrogen-bond acceptors (Lipinski definition) is 3. The van der Waals surface area contributed by atoms with Gasteiger partial charge in [0.15, 0.2) is 0 Å². The van der Waals surface area contributed by atoms with Crippen LogP contribution in [0.15, 0.2) is 0 Å². The van der Waals surface area contributed by atoms with Crippen LogP contribution in [0.4, 0.5) is 4.79 Å². The summed E-state index contributed by atoms with van der Waals surface area (Å²) in [6.07, 6.45) is 1.64. The molecular weight excluding hydrogens is 192 g/mol. The molecule has 0 aromatic carbocycles. The summed E-state index contributed by atoms with van der Waals surface area (Å²) in [7, 11) is 0. The molecule has 0 unspecified atom stereocenters. The summed E-state index contributed by atoms with van der Waals surface area (Å²) >= 11 is 0. The Morgan fingerprint density at radius 3 is 2.67 bits per heavy atom. The Balaban J connectivity index is 2.31. The lowest BCUT2D eigenvalue weighted by Gasteiger charge is -2.29. The third-order valence-electron chi connectivity index (χ3n) is 2.34. The summed E-state index contributed by atoms with van der Waals surface area (Å²) in [5.74, 6) is 0. The van der Waals surface area contributed by atoms with Gasteiger partial charge in [0.2, 0.25) is 0 Å². The molecule has 0 radical (unpaired) electrons. The van der Waals surface area contributed by atoms with Crippen molar-refractivity contribution in [3.63, 3.8) is 0 Å². The topological polar surface area (TPSA) is 50.4 Å². The molecule has 0 aliphatic carbocycles. The van der Waals surface area contributed by atoms with Crippen LogP contribution in [0, 0.1) is 0 Å². The molecular formula is C11H22N2O2. The van der Waals surface area contributed by atoms with Crippen molar-refractivity contribution in [2.75, 3.05) is 6.54 Å². The maximum absolute atomic E-state index is 11.5. The zero-order valence-corrected chi connectivity index (χ0v) is 10.1. The molecule has 4 heteroatoms. The van der Waals surface area contributed by atoms with E-state index in [2.05, 4.69) is 17.6 Å². The van der Waals surface area contributed by atoms with Gasteiger partial charge >= 0.3 is 6.09 Å². The Morgan fingerprint density at radius 1 is 1.47 bits per heavy atom. The Morgan fingerprint density at radius 2 is 2.13 bits per heavy atom. The SMILES string of the molecule is C[C@H]1C[C@H](NC(=O)OC(C)(C)C)CCN1. The third-order valence-corrected chi connectivity index (χ3v) is 2.34. The average molecular weight is 214 g/mol. The van der Waals surface area contributed by atoms with Crippen molar-refractivity contribution in [2.24, 2.45) is 0 Å². The third kappa shape index (κ3) is 5.02. The number of carbonyl (C=O) groups is 1. The van der Waals surface area contributed by atoms with Gasteiger partial charge in [0.25, 0.3) is 0 Å². The number of piperidine rings is 1. The largest absolute Gasteiger partial charge is 0.444 e. The lowest BCUT2D eigenvalue weighted by molar-refractivity contribution is 0.0491. The molecule has 1 amide bonds. The van der Waals surface area contributed by atoms with Gasteiger partial charge in [-0.05, 0) is 47.1 Å². The molecule has 0 bridgehead atoms. The maximum atomic E-state index is 11.5. The molecule has 15 heavy (non-hydrogen) atoms. The Kier molecular flexibility index (Phi) is 3.97. The zero-order valence-electron chi connectivity index (χ0n) is 10.1. The van der Waals surface area contributed by atoms with Crippen molar-refractivity contribution in [2.45, 2.75) is 58.2 Å². The molecule has 0 saturated carbocycles. The van der Waals surface area contributed by atoms with Gasteiger partial charge in [0, 0.05) is 12.1 Å². The number of ether oxygens (including phenoxy) is 1. The summed E-state index contributed by atoms with van der Waals surface area (Å²) < 4.78 is 5.21. The van der Waals surface area contributed by atoms with Gasteiger partial charge in [-0.1, -0.05) is 0 Å². The Bertz CT molecular complexity index is 223.